The molecule has 2 N–H and O–H groups in total. The number of aryl methyl sites for hydroxylation is 1. The lowest BCUT2D eigenvalue weighted by Gasteiger charge is -2.13. The first-order valence-corrected chi connectivity index (χ1v) is 10.8. The number of nitrogens with one attached hydrogen (secondary N) is 2. The Balaban J connectivity index is 1.56. The van der Waals surface area contributed by atoms with Crippen LogP contribution in [0.4, 0.5) is 14.6 Å². The van der Waals surface area contributed by atoms with Gasteiger partial charge in [0.05, 0.1) is 12.2 Å². The average Bonchev–Trinajstić information content (AvgIpc) is 2.85. The molecule has 2 aromatic carbocycles. The van der Waals surface area contributed by atoms with Crippen LogP contribution >= 0.6 is 0 Å². The molecular weight excluding hydrogens is 436 g/mol. The van der Waals surface area contributed by atoms with Crippen molar-refractivity contribution in [3.8, 4) is 11.4 Å². The number of pyridine rings is 1. The zero-order valence-electron chi connectivity index (χ0n) is 18.6. The van der Waals surface area contributed by atoms with E-state index in [-0.39, 0.29) is 23.8 Å². The molecule has 1 amide bonds. The van der Waals surface area contributed by atoms with E-state index in [0.29, 0.717) is 30.0 Å². The van der Waals surface area contributed by atoms with Crippen molar-refractivity contribution in [2.75, 3.05) is 11.9 Å². The van der Waals surface area contributed by atoms with Crippen molar-refractivity contribution in [2.45, 2.75) is 19.9 Å². The van der Waals surface area contributed by atoms with E-state index >= 15 is 0 Å². The third-order valence-corrected chi connectivity index (χ3v) is 5.16. The maximum Gasteiger partial charge on any atom is 0.256 e. The molecule has 2 aromatic heterocycles. The highest BCUT2D eigenvalue weighted by molar-refractivity contribution is 5.98. The fraction of sp³-hybridized carbons (Fsp3) is 0.154. The summed E-state index contributed by atoms with van der Waals surface area (Å²) in [6.45, 7) is 2.78. The number of hydrogen-bond donors (Lipinski definition) is 2. The maximum atomic E-state index is 13.7. The van der Waals surface area contributed by atoms with Crippen molar-refractivity contribution >= 4 is 11.7 Å². The molecule has 0 radical (unpaired) electrons. The number of carbonyl (C=O) groups excluding carboxylic acids is 1. The zero-order chi connectivity index (χ0) is 23.9. The first kappa shape index (κ1) is 23.0. The van der Waals surface area contributed by atoms with Gasteiger partial charge >= 0.3 is 0 Å². The summed E-state index contributed by atoms with van der Waals surface area (Å²) >= 11 is 0. The van der Waals surface area contributed by atoms with E-state index < -0.39 is 11.6 Å². The molecule has 172 valence electrons. The molecule has 0 spiro atoms. The molecule has 0 fully saturated rings. The van der Waals surface area contributed by atoms with Gasteiger partial charge in [0.25, 0.3) is 5.91 Å². The van der Waals surface area contributed by atoms with Gasteiger partial charge in [0.2, 0.25) is 0 Å². The van der Waals surface area contributed by atoms with Gasteiger partial charge in [-0.25, -0.2) is 18.7 Å². The van der Waals surface area contributed by atoms with Gasteiger partial charge in [0, 0.05) is 24.5 Å². The molecule has 0 aliphatic carbocycles. The van der Waals surface area contributed by atoms with E-state index in [1.807, 2.05) is 37.3 Å². The molecular formula is C26H23F2N5O. The molecule has 0 aliphatic rings. The highest BCUT2D eigenvalue weighted by Gasteiger charge is 2.16. The molecule has 0 bridgehead atoms. The van der Waals surface area contributed by atoms with Crippen LogP contribution in [0.2, 0.25) is 0 Å². The summed E-state index contributed by atoms with van der Waals surface area (Å²) < 4.78 is 27.1. The highest BCUT2D eigenvalue weighted by atomic mass is 19.2. The molecule has 0 aliphatic heterocycles. The van der Waals surface area contributed by atoms with E-state index in [0.717, 1.165) is 23.3 Å². The average molecular weight is 460 g/mol. The lowest BCUT2D eigenvalue weighted by Crippen LogP contribution is -2.25. The summed E-state index contributed by atoms with van der Waals surface area (Å²) in [5.41, 5.74) is 3.56. The van der Waals surface area contributed by atoms with E-state index in [1.54, 1.807) is 12.3 Å². The Bertz CT molecular complexity index is 1300. The second-order valence-electron chi connectivity index (χ2n) is 7.75. The third kappa shape index (κ3) is 5.78. The summed E-state index contributed by atoms with van der Waals surface area (Å²) in [5.74, 6) is -1.84. The SMILES string of the molecule is Cc1cccc(CCNc2nc(-c3ccc(F)c(F)c3)ncc2C(=O)NCc2ccccn2)c1. The standard InChI is InChI=1S/C26H23F2N5O/c1-17-5-4-6-18(13-17)10-12-30-25-21(26(34)32-15-20-7-2-3-11-29-20)16-31-24(33-25)19-8-9-22(27)23(28)14-19/h2-9,11,13-14,16H,10,12,15H2,1H3,(H,32,34)(H,30,31,33). The number of hydrogen-bond acceptors (Lipinski definition) is 5. The first-order chi connectivity index (χ1) is 16.5. The number of anilines is 1. The molecule has 4 aromatic rings. The minimum atomic E-state index is -0.993. The van der Waals surface area contributed by atoms with Crippen molar-refractivity contribution in [1.29, 1.82) is 0 Å². The van der Waals surface area contributed by atoms with Crippen molar-refractivity contribution < 1.29 is 13.6 Å². The van der Waals surface area contributed by atoms with Crippen LogP contribution in [-0.4, -0.2) is 27.4 Å². The fourth-order valence-electron chi connectivity index (χ4n) is 3.42. The minimum Gasteiger partial charge on any atom is -0.369 e. The predicted octanol–water partition coefficient (Wildman–Crippen LogP) is 4.71. The number of rotatable bonds is 8. The van der Waals surface area contributed by atoms with Crippen LogP contribution in [0, 0.1) is 18.6 Å². The Morgan fingerprint density at radius 1 is 0.971 bits per heavy atom. The summed E-state index contributed by atoms with van der Waals surface area (Å²) in [6.07, 6.45) is 3.74. The topological polar surface area (TPSA) is 79.8 Å². The Kier molecular flexibility index (Phi) is 7.17. The summed E-state index contributed by atoms with van der Waals surface area (Å²) in [4.78, 5) is 25.8. The Labute approximate surface area is 196 Å². The van der Waals surface area contributed by atoms with Crippen LogP contribution in [0.15, 0.2) is 73.1 Å². The monoisotopic (exact) mass is 459 g/mol. The van der Waals surface area contributed by atoms with Gasteiger partial charge in [0.15, 0.2) is 17.5 Å². The van der Waals surface area contributed by atoms with Gasteiger partial charge in [-0.3, -0.25) is 9.78 Å². The third-order valence-electron chi connectivity index (χ3n) is 5.16. The fourth-order valence-corrected chi connectivity index (χ4v) is 3.42. The molecule has 0 saturated heterocycles. The summed E-state index contributed by atoms with van der Waals surface area (Å²) in [5, 5.41) is 6.02. The number of carbonyl (C=O) groups is 1. The van der Waals surface area contributed by atoms with Crippen LogP contribution in [0.5, 0.6) is 0 Å². The normalized spacial score (nSPS) is 10.7. The van der Waals surface area contributed by atoms with Crippen LogP contribution in [0.25, 0.3) is 11.4 Å². The smallest absolute Gasteiger partial charge is 0.256 e. The molecule has 6 nitrogen and oxygen atoms in total. The summed E-state index contributed by atoms with van der Waals surface area (Å²) in [6, 6.07) is 17.0. The quantitative estimate of drug-likeness (QED) is 0.399. The first-order valence-electron chi connectivity index (χ1n) is 10.8. The van der Waals surface area contributed by atoms with Crippen molar-refractivity contribution in [2.24, 2.45) is 0 Å². The second kappa shape index (κ2) is 10.6. The van der Waals surface area contributed by atoms with E-state index in [2.05, 4.69) is 31.7 Å². The van der Waals surface area contributed by atoms with Crippen molar-refractivity contribution in [3.05, 3.63) is 107 Å². The van der Waals surface area contributed by atoms with Gasteiger partial charge in [-0.2, -0.15) is 0 Å². The van der Waals surface area contributed by atoms with Gasteiger partial charge in [-0.15, -0.1) is 0 Å². The van der Waals surface area contributed by atoms with Crippen molar-refractivity contribution in [1.82, 2.24) is 20.3 Å². The van der Waals surface area contributed by atoms with Crippen LogP contribution < -0.4 is 10.6 Å². The molecule has 34 heavy (non-hydrogen) atoms. The molecule has 4 rings (SSSR count). The second-order valence-corrected chi connectivity index (χ2v) is 7.75. The number of nitrogens with zero attached hydrogens (tertiary/aromatic N) is 3. The van der Waals surface area contributed by atoms with E-state index in [1.165, 1.54) is 12.3 Å². The molecule has 2 heterocycles. The predicted molar refractivity (Wildman–Crippen MR) is 126 cm³/mol. The Hall–Kier alpha value is -4.20. The van der Waals surface area contributed by atoms with Gasteiger partial charge in [-0.1, -0.05) is 35.9 Å². The zero-order valence-corrected chi connectivity index (χ0v) is 18.6. The van der Waals surface area contributed by atoms with Crippen LogP contribution in [-0.2, 0) is 13.0 Å². The number of amides is 1. The van der Waals surface area contributed by atoms with Gasteiger partial charge in [0.1, 0.15) is 11.4 Å². The maximum absolute atomic E-state index is 13.7. The van der Waals surface area contributed by atoms with Gasteiger partial charge in [-0.05, 0) is 49.2 Å². The Morgan fingerprint density at radius 2 is 1.85 bits per heavy atom. The van der Waals surface area contributed by atoms with E-state index in [4.69, 9.17) is 0 Å². The van der Waals surface area contributed by atoms with Crippen LogP contribution in [0.1, 0.15) is 27.2 Å². The number of benzene rings is 2. The Morgan fingerprint density at radius 3 is 2.62 bits per heavy atom. The largest absolute Gasteiger partial charge is 0.369 e. The lowest BCUT2D eigenvalue weighted by molar-refractivity contribution is 0.0950. The number of halogens is 2. The molecule has 0 saturated carbocycles. The molecule has 0 unspecified atom stereocenters. The highest BCUT2D eigenvalue weighted by Crippen LogP contribution is 2.22. The number of aromatic nitrogens is 3. The molecule has 0 atom stereocenters. The van der Waals surface area contributed by atoms with Crippen molar-refractivity contribution in [3.63, 3.8) is 0 Å². The minimum absolute atomic E-state index is 0.179. The lowest BCUT2D eigenvalue weighted by atomic mass is 10.1. The summed E-state index contributed by atoms with van der Waals surface area (Å²) in [7, 11) is 0. The van der Waals surface area contributed by atoms with Gasteiger partial charge < -0.3 is 10.6 Å². The molecule has 8 heteroatoms. The van der Waals surface area contributed by atoms with E-state index in [9.17, 15) is 13.6 Å². The van der Waals surface area contributed by atoms with Crippen LogP contribution in [0.3, 0.4) is 0 Å².